The Balaban J connectivity index is 1.89. The second kappa shape index (κ2) is 6.15. The number of fused-ring (bicyclic) bond motifs is 5. The molecule has 0 aliphatic carbocycles. The lowest BCUT2D eigenvalue weighted by atomic mass is 9.78. The Morgan fingerprint density at radius 1 is 1.11 bits per heavy atom. The Hall–Kier alpha value is -2.70. The summed E-state index contributed by atoms with van der Waals surface area (Å²) in [5, 5.41) is 0. The highest BCUT2D eigenvalue weighted by Crippen LogP contribution is 2.53. The fourth-order valence-electron chi connectivity index (χ4n) is 5.33. The van der Waals surface area contributed by atoms with Crippen molar-refractivity contribution in [3.8, 4) is 0 Å². The number of aryl methyl sites for hydroxylation is 1. The maximum Gasteiger partial charge on any atom is 0.255 e. The molecule has 3 aliphatic rings. The minimum absolute atomic E-state index is 0.224. The number of nitrogens with zero attached hydrogens (tertiary/aromatic N) is 3. The number of hydrogen-bond acceptors (Lipinski definition) is 4. The average Bonchev–Trinajstić information content (AvgIpc) is 3.07. The summed E-state index contributed by atoms with van der Waals surface area (Å²) in [6.07, 6.45) is 0.296. The van der Waals surface area contributed by atoms with Gasteiger partial charge >= 0.3 is 0 Å². The highest BCUT2D eigenvalue weighted by atomic mass is 16.2. The molecule has 4 amide bonds. The zero-order valence-electron chi connectivity index (χ0n) is 16.6. The van der Waals surface area contributed by atoms with Crippen LogP contribution in [0.1, 0.15) is 36.2 Å². The van der Waals surface area contributed by atoms with E-state index in [4.69, 9.17) is 0 Å². The summed E-state index contributed by atoms with van der Waals surface area (Å²) < 4.78 is 0. The maximum atomic E-state index is 13.5. The fraction of sp³-hybridized carbons (Fsp3) is 0.524. The van der Waals surface area contributed by atoms with Gasteiger partial charge in [-0.2, -0.15) is 0 Å². The van der Waals surface area contributed by atoms with Gasteiger partial charge in [-0.15, -0.1) is 0 Å². The highest BCUT2D eigenvalue weighted by Gasteiger charge is 2.74. The molecule has 3 heterocycles. The number of carbonyl (C=O) groups is 4. The van der Waals surface area contributed by atoms with Crippen molar-refractivity contribution in [1.82, 2.24) is 14.7 Å². The molecule has 2 bridgehead atoms. The van der Waals surface area contributed by atoms with E-state index in [1.807, 2.05) is 32.9 Å². The van der Waals surface area contributed by atoms with Crippen molar-refractivity contribution >= 4 is 23.6 Å². The van der Waals surface area contributed by atoms with Gasteiger partial charge in [0.05, 0.1) is 17.9 Å². The molecule has 3 aliphatic heterocycles. The molecule has 0 saturated carbocycles. The van der Waals surface area contributed by atoms with Gasteiger partial charge in [-0.1, -0.05) is 24.6 Å². The van der Waals surface area contributed by atoms with Crippen LogP contribution in [0.3, 0.4) is 0 Å². The molecule has 4 rings (SSSR count). The third-order valence-electron chi connectivity index (χ3n) is 6.77. The zero-order valence-corrected chi connectivity index (χ0v) is 16.6. The normalized spacial score (nSPS) is 31.6. The third-order valence-corrected chi connectivity index (χ3v) is 6.77. The first-order valence-corrected chi connectivity index (χ1v) is 9.80. The number of imide groups is 1. The number of likely N-dealkylation sites (tertiary alicyclic amines) is 2. The van der Waals surface area contributed by atoms with Crippen molar-refractivity contribution in [3.63, 3.8) is 0 Å². The Morgan fingerprint density at radius 2 is 1.75 bits per heavy atom. The van der Waals surface area contributed by atoms with E-state index in [0.29, 0.717) is 18.5 Å². The number of benzene rings is 1. The van der Waals surface area contributed by atoms with Crippen molar-refractivity contribution in [2.24, 2.45) is 11.8 Å². The molecule has 0 spiro atoms. The lowest BCUT2D eigenvalue weighted by molar-refractivity contribution is -0.156. The summed E-state index contributed by atoms with van der Waals surface area (Å²) in [5.74, 6) is -2.62. The average molecular weight is 383 g/mol. The first-order chi connectivity index (χ1) is 13.3. The van der Waals surface area contributed by atoms with E-state index in [0.717, 1.165) is 10.5 Å². The van der Waals surface area contributed by atoms with Gasteiger partial charge in [0.15, 0.2) is 0 Å². The van der Waals surface area contributed by atoms with Gasteiger partial charge in [0.1, 0.15) is 5.54 Å². The van der Waals surface area contributed by atoms with E-state index in [-0.39, 0.29) is 30.2 Å². The molecule has 0 N–H and O–H groups in total. The van der Waals surface area contributed by atoms with Crippen LogP contribution in [0, 0.1) is 18.8 Å². The van der Waals surface area contributed by atoms with Gasteiger partial charge in [0, 0.05) is 25.7 Å². The van der Waals surface area contributed by atoms with Gasteiger partial charge in [0.2, 0.25) is 17.7 Å². The molecular formula is C21H25N3O4. The molecule has 3 fully saturated rings. The predicted octanol–water partition coefficient (Wildman–Crippen LogP) is 1.06. The first kappa shape index (κ1) is 18.7. The summed E-state index contributed by atoms with van der Waals surface area (Å²) in [7, 11) is 1.47. The number of hydrogen-bond donors (Lipinski definition) is 0. The molecule has 3 saturated heterocycles. The molecule has 1 aromatic carbocycles. The summed E-state index contributed by atoms with van der Waals surface area (Å²) >= 11 is 0. The number of carbonyl (C=O) groups excluding carboxylic acids is 4. The predicted molar refractivity (Wildman–Crippen MR) is 101 cm³/mol. The van der Waals surface area contributed by atoms with Crippen molar-refractivity contribution < 1.29 is 19.2 Å². The quantitative estimate of drug-likeness (QED) is 0.732. The molecule has 4 atom stereocenters. The van der Waals surface area contributed by atoms with Gasteiger partial charge in [-0.05, 0) is 32.4 Å². The zero-order chi connectivity index (χ0) is 20.4. The molecule has 0 radical (unpaired) electrons. The number of piperazine rings is 1. The van der Waals surface area contributed by atoms with Gasteiger partial charge in [-0.3, -0.25) is 24.1 Å². The second-order valence-electron chi connectivity index (χ2n) is 7.97. The van der Waals surface area contributed by atoms with Crippen molar-refractivity contribution in [3.05, 3.63) is 35.4 Å². The van der Waals surface area contributed by atoms with Crippen LogP contribution in [-0.4, -0.2) is 70.0 Å². The van der Waals surface area contributed by atoms with Crippen LogP contribution in [0.15, 0.2) is 24.3 Å². The molecular weight excluding hydrogens is 358 g/mol. The Labute approximate surface area is 164 Å². The SMILES string of the molecule is CCN1C[C@@H]2[C@@H]3C(=O)N(C)C(=O)[C@@H]3[C@](CC)(C1=O)N2C(=O)c1ccc(C)cc1. The highest BCUT2D eigenvalue weighted by molar-refractivity contribution is 6.13. The first-order valence-electron chi connectivity index (χ1n) is 9.80. The van der Waals surface area contributed by atoms with Crippen LogP contribution in [0.2, 0.25) is 0 Å². The standard InChI is InChI=1S/C21H25N3O4/c1-5-21-16-15(18(26)22(4)19(16)27)14(11-23(6-2)20(21)28)24(21)17(25)13-9-7-12(3)8-10-13/h7-10,14-16H,5-6,11H2,1-4H3/t14-,15+,16-,21-/m1/s1. The van der Waals surface area contributed by atoms with E-state index in [1.165, 1.54) is 7.05 Å². The smallest absolute Gasteiger partial charge is 0.255 e. The Morgan fingerprint density at radius 3 is 2.32 bits per heavy atom. The number of rotatable bonds is 3. The van der Waals surface area contributed by atoms with Crippen molar-refractivity contribution in [1.29, 1.82) is 0 Å². The van der Waals surface area contributed by atoms with Crippen LogP contribution in [-0.2, 0) is 14.4 Å². The van der Waals surface area contributed by atoms with E-state index in [2.05, 4.69) is 0 Å². The molecule has 0 unspecified atom stereocenters. The summed E-state index contributed by atoms with van der Waals surface area (Å²) in [4.78, 5) is 57.3. The Kier molecular flexibility index (Phi) is 4.10. The lowest BCUT2D eigenvalue weighted by Gasteiger charge is -2.49. The summed E-state index contributed by atoms with van der Waals surface area (Å²) in [6.45, 7) is 6.41. The Bertz CT molecular complexity index is 880. The van der Waals surface area contributed by atoms with Crippen LogP contribution < -0.4 is 0 Å². The van der Waals surface area contributed by atoms with E-state index >= 15 is 0 Å². The molecule has 7 heteroatoms. The van der Waals surface area contributed by atoms with E-state index in [9.17, 15) is 19.2 Å². The van der Waals surface area contributed by atoms with Gasteiger partial charge < -0.3 is 9.80 Å². The fourth-order valence-corrected chi connectivity index (χ4v) is 5.33. The summed E-state index contributed by atoms with van der Waals surface area (Å²) in [5.41, 5.74) is 0.197. The molecule has 7 nitrogen and oxygen atoms in total. The van der Waals surface area contributed by atoms with Crippen molar-refractivity contribution in [2.45, 2.75) is 38.8 Å². The number of amides is 4. The largest absolute Gasteiger partial charge is 0.339 e. The van der Waals surface area contributed by atoms with Crippen LogP contribution >= 0.6 is 0 Å². The third kappa shape index (κ3) is 2.10. The second-order valence-corrected chi connectivity index (χ2v) is 7.97. The monoisotopic (exact) mass is 383 g/mol. The lowest BCUT2D eigenvalue weighted by Crippen LogP contribution is -2.69. The van der Waals surface area contributed by atoms with E-state index in [1.54, 1.807) is 21.9 Å². The van der Waals surface area contributed by atoms with E-state index < -0.39 is 23.4 Å². The van der Waals surface area contributed by atoms with Gasteiger partial charge in [-0.25, -0.2) is 0 Å². The van der Waals surface area contributed by atoms with Gasteiger partial charge in [0.25, 0.3) is 5.91 Å². The molecule has 28 heavy (non-hydrogen) atoms. The minimum Gasteiger partial charge on any atom is -0.339 e. The topological polar surface area (TPSA) is 78.0 Å². The number of likely N-dealkylation sites (N-methyl/N-ethyl adjacent to an activating group) is 1. The van der Waals surface area contributed by atoms with Crippen LogP contribution in [0.5, 0.6) is 0 Å². The van der Waals surface area contributed by atoms with Crippen LogP contribution in [0.25, 0.3) is 0 Å². The van der Waals surface area contributed by atoms with Crippen molar-refractivity contribution in [2.75, 3.05) is 20.1 Å². The molecule has 1 aromatic rings. The maximum absolute atomic E-state index is 13.5. The minimum atomic E-state index is -1.30. The summed E-state index contributed by atoms with van der Waals surface area (Å²) in [6, 6.07) is 6.69. The molecule has 148 valence electrons. The molecule has 0 aromatic heterocycles. The van der Waals surface area contributed by atoms with Crippen LogP contribution in [0.4, 0.5) is 0 Å².